The molecule has 29 heavy (non-hydrogen) atoms. The van der Waals surface area contributed by atoms with Crippen LogP contribution in [0.4, 0.5) is 0 Å². The highest BCUT2D eigenvalue weighted by Crippen LogP contribution is 2.14. The normalized spacial score (nSPS) is 17.2. The van der Waals surface area contributed by atoms with E-state index in [0.717, 1.165) is 29.0 Å². The molecule has 0 radical (unpaired) electrons. The van der Waals surface area contributed by atoms with Gasteiger partial charge in [-0.1, -0.05) is 42.5 Å². The third-order valence-electron chi connectivity index (χ3n) is 5.17. The van der Waals surface area contributed by atoms with Crippen molar-refractivity contribution >= 4 is 22.8 Å². The molecule has 3 N–H and O–H groups in total. The lowest BCUT2D eigenvalue weighted by Gasteiger charge is -2.34. The first-order valence-electron chi connectivity index (χ1n) is 9.95. The maximum Gasteiger partial charge on any atom is 0.237 e. The molecule has 2 heterocycles. The number of hydrogen-bond donors (Lipinski definition) is 3. The molecule has 0 aliphatic carbocycles. The van der Waals surface area contributed by atoms with E-state index in [1.165, 1.54) is 0 Å². The zero-order valence-corrected chi connectivity index (χ0v) is 16.2. The SMILES string of the molecule is O=C(CC1C(=O)NCCN1Cc1ccccc1)NCCc1nc2ccccc2[nH]1. The van der Waals surface area contributed by atoms with Gasteiger partial charge in [0.2, 0.25) is 11.8 Å². The number of nitrogens with one attached hydrogen (secondary N) is 3. The third kappa shape index (κ3) is 4.81. The summed E-state index contributed by atoms with van der Waals surface area (Å²) in [6, 6.07) is 17.4. The van der Waals surface area contributed by atoms with Crippen molar-refractivity contribution in [1.82, 2.24) is 25.5 Å². The molecule has 1 unspecified atom stereocenters. The van der Waals surface area contributed by atoms with Crippen molar-refractivity contribution in [2.24, 2.45) is 0 Å². The minimum atomic E-state index is -0.449. The van der Waals surface area contributed by atoms with E-state index in [2.05, 4.69) is 25.5 Å². The van der Waals surface area contributed by atoms with Gasteiger partial charge in [-0.05, 0) is 17.7 Å². The third-order valence-corrected chi connectivity index (χ3v) is 5.17. The van der Waals surface area contributed by atoms with Crippen LogP contribution in [-0.2, 0) is 22.6 Å². The Labute approximate surface area is 169 Å². The molecule has 150 valence electrons. The molecule has 0 bridgehead atoms. The number of aromatic nitrogens is 2. The van der Waals surface area contributed by atoms with Gasteiger partial charge in [-0.3, -0.25) is 14.5 Å². The maximum absolute atomic E-state index is 12.5. The number of piperazine rings is 1. The monoisotopic (exact) mass is 391 g/mol. The summed E-state index contributed by atoms with van der Waals surface area (Å²) in [5, 5.41) is 5.80. The van der Waals surface area contributed by atoms with Gasteiger partial charge < -0.3 is 15.6 Å². The van der Waals surface area contributed by atoms with Crippen LogP contribution < -0.4 is 10.6 Å². The van der Waals surface area contributed by atoms with E-state index in [4.69, 9.17) is 0 Å². The van der Waals surface area contributed by atoms with E-state index < -0.39 is 6.04 Å². The number of imidazole rings is 1. The van der Waals surface area contributed by atoms with Crippen molar-refractivity contribution in [3.05, 3.63) is 66.0 Å². The van der Waals surface area contributed by atoms with Gasteiger partial charge in [-0.2, -0.15) is 0 Å². The van der Waals surface area contributed by atoms with Gasteiger partial charge in [0.05, 0.1) is 23.5 Å². The minimum absolute atomic E-state index is 0.0837. The lowest BCUT2D eigenvalue weighted by Crippen LogP contribution is -2.56. The van der Waals surface area contributed by atoms with Crippen molar-refractivity contribution < 1.29 is 9.59 Å². The zero-order valence-electron chi connectivity index (χ0n) is 16.2. The van der Waals surface area contributed by atoms with E-state index in [-0.39, 0.29) is 18.2 Å². The van der Waals surface area contributed by atoms with Crippen molar-refractivity contribution in [2.75, 3.05) is 19.6 Å². The molecule has 2 amide bonds. The highest BCUT2D eigenvalue weighted by atomic mass is 16.2. The Morgan fingerprint density at radius 1 is 1.14 bits per heavy atom. The summed E-state index contributed by atoms with van der Waals surface area (Å²) in [5.41, 5.74) is 3.05. The molecule has 4 rings (SSSR count). The van der Waals surface area contributed by atoms with Crippen molar-refractivity contribution in [3.8, 4) is 0 Å². The molecule has 2 aromatic carbocycles. The standard InChI is InChI=1S/C22H25N5O2/c28-21(23-11-10-20-25-17-8-4-5-9-18(17)26-20)14-19-22(29)24-12-13-27(19)15-16-6-2-1-3-7-16/h1-9,19H,10-15H2,(H,23,28)(H,24,29)(H,25,26). The fourth-order valence-electron chi connectivity index (χ4n) is 3.68. The molecule has 7 nitrogen and oxygen atoms in total. The topological polar surface area (TPSA) is 90.1 Å². The predicted molar refractivity (Wildman–Crippen MR) is 111 cm³/mol. The second kappa shape index (κ2) is 8.87. The summed E-state index contributed by atoms with van der Waals surface area (Å²) in [6.07, 6.45) is 0.768. The van der Waals surface area contributed by atoms with Crippen molar-refractivity contribution in [2.45, 2.75) is 25.4 Å². The Bertz CT molecular complexity index is 952. The first-order valence-corrected chi connectivity index (χ1v) is 9.95. The number of hydrogen-bond acceptors (Lipinski definition) is 4. The Hall–Kier alpha value is -3.19. The van der Waals surface area contributed by atoms with Gasteiger partial charge in [-0.25, -0.2) is 4.98 Å². The quantitative estimate of drug-likeness (QED) is 0.571. The molecule has 1 saturated heterocycles. The zero-order chi connectivity index (χ0) is 20.1. The van der Waals surface area contributed by atoms with Gasteiger partial charge in [0.25, 0.3) is 0 Å². The van der Waals surface area contributed by atoms with Gasteiger partial charge in [-0.15, -0.1) is 0 Å². The van der Waals surface area contributed by atoms with E-state index in [0.29, 0.717) is 26.1 Å². The molecule has 1 aromatic heterocycles. The van der Waals surface area contributed by atoms with Crippen LogP contribution >= 0.6 is 0 Å². The van der Waals surface area contributed by atoms with Gasteiger partial charge in [0, 0.05) is 32.6 Å². The molecular formula is C22H25N5O2. The van der Waals surface area contributed by atoms with Crippen LogP contribution in [0.1, 0.15) is 17.8 Å². The summed E-state index contributed by atoms with van der Waals surface area (Å²) in [6.45, 7) is 2.48. The number of carbonyl (C=O) groups excluding carboxylic acids is 2. The van der Waals surface area contributed by atoms with E-state index in [1.807, 2.05) is 54.6 Å². The van der Waals surface area contributed by atoms with Crippen LogP contribution in [0.15, 0.2) is 54.6 Å². The van der Waals surface area contributed by atoms with E-state index in [1.54, 1.807) is 0 Å². The van der Waals surface area contributed by atoms with Crippen LogP contribution in [-0.4, -0.2) is 52.4 Å². The van der Waals surface area contributed by atoms with Crippen molar-refractivity contribution in [1.29, 1.82) is 0 Å². The van der Waals surface area contributed by atoms with Crippen molar-refractivity contribution in [3.63, 3.8) is 0 Å². The summed E-state index contributed by atoms with van der Waals surface area (Å²) in [7, 11) is 0. The van der Waals surface area contributed by atoms with Crippen LogP contribution in [0.3, 0.4) is 0 Å². The fraction of sp³-hybridized carbons (Fsp3) is 0.318. The lowest BCUT2D eigenvalue weighted by molar-refractivity contribution is -0.134. The first kappa shape index (κ1) is 19.1. The molecule has 1 fully saturated rings. The summed E-state index contributed by atoms with van der Waals surface area (Å²) in [4.78, 5) is 34.7. The summed E-state index contributed by atoms with van der Waals surface area (Å²) in [5.74, 6) is 0.633. The number of para-hydroxylation sites is 2. The van der Waals surface area contributed by atoms with Crippen LogP contribution in [0, 0.1) is 0 Å². The average Bonchev–Trinajstić information content (AvgIpc) is 3.14. The second-order valence-corrected chi connectivity index (χ2v) is 7.27. The number of H-pyrrole nitrogens is 1. The van der Waals surface area contributed by atoms with E-state index in [9.17, 15) is 9.59 Å². The maximum atomic E-state index is 12.5. The smallest absolute Gasteiger partial charge is 0.237 e. The van der Waals surface area contributed by atoms with Crippen LogP contribution in [0.2, 0.25) is 0 Å². The fourth-order valence-corrected chi connectivity index (χ4v) is 3.68. The number of nitrogens with zero attached hydrogens (tertiary/aromatic N) is 2. The molecule has 1 aliphatic rings. The molecule has 0 spiro atoms. The number of aromatic amines is 1. The average molecular weight is 391 g/mol. The molecule has 1 aliphatic heterocycles. The second-order valence-electron chi connectivity index (χ2n) is 7.27. The van der Waals surface area contributed by atoms with E-state index >= 15 is 0 Å². The lowest BCUT2D eigenvalue weighted by atomic mass is 10.1. The molecule has 3 aromatic rings. The Kier molecular flexibility index (Phi) is 5.86. The minimum Gasteiger partial charge on any atom is -0.356 e. The highest BCUT2D eigenvalue weighted by molar-refractivity contribution is 5.88. The van der Waals surface area contributed by atoms with Gasteiger partial charge in [0.15, 0.2) is 0 Å². The van der Waals surface area contributed by atoms with Gasteiger partial charge in [0.1, 0.15) is 5.82 Å². The summed E-state index contributed by atoms with van der Waals surface area (Å²) >= 11 is 0. The first-order chi connectivity index (χ1) is 14.2. The van der Waals surface area contributed by atoms with Gasteiger partial charge >= 0.3 is 0 Å². The van der Waals surface area contributed by atoms with Crippen LogP contribution in [0.5, 0.6) is 0 Å². The number of benzene rings is 2. The molecular weight excluding hydrogens is 366 g/mol. The Balaban J connectivity index is 1.31. The Morgan fingerprint density at radius 2 is 1.93 bits per heavy atom. The number of rotatable bonds is 7. The number of carbonyl (C=O) groups is 2. The molecule has 1 atom stereocenters. The summed E-state index contributed by atoms with van der Waals surface area (Å²) < 4.78 is 0. The number of fused-ring (bicyclic) bond motifs is 1. The predicted octanol–water partition coefficient (Wildman–Crippen LogP) is 1.61. The molecule has 0 saturated carbocycles. The Morgan fingerprint density at radius 3 is 2.76 bits per heavy atom. The van der Waals surface area contributed by atoms with Crippen LogP contribution in [0.25, 0.3) is 11.0 Å². The highest BCUT2D eigenvalue weighted by Gasteiger charge is 2.31. The number of amides is 2. The largest absolute Gasteiger partial charge is 0.356 e. The molecule has 7 heteroatoms.